The quantitative estimate of drug-likeness (QED) is 0.0785. The number of nitrogens with one attached hydrogen (secondary N) is 2. The minimum Gasteiger partial charge on any atom is -0.478 e. The second kappa shape index (κ2) is 18.5. The molecule has 0 aliphatic rings. The van der Waals surface area contributed by atoms with Gasteiger partial charge in [0.25, 0.3) is 0 Å². The number of alkyl halides is 6. The molecule has 6 aromatic rings. The molecular formula is C44H44F6N6O3. The monoisotopic (exact) mass is 818 g/mol. The van der Waals surface area contributed by atoms with Crippen molar-refractivity contribution in [3.63, 3.8) is 0 Å². The molecule has 0 saturated carbocycles. The van der Waals surface area contributed by atoms with Gasteiger partial charge in [-0.15, -0.1) is 0 Å². The molecule has 0 aliphatic heterocycles. The maximum Gasteiger partial charge on any atom is 0.390 e. The smallest absolute Gasteiger partial charge is 0.390 e. The number of carboxylic acids is 1. The highest BCUT2D eigenvalue weighted by atomic mass is 19.4. The van der Waals surface area contributed by atoms with E-state index >= 15 is 0 Å². The summed E-state index contributed by atoms with van der Waals surface area (Å²) in [5, 5.41) is 14.9. The maximum atomic E-state index is 12.6. The molecule has 0 fully saturated rings. The molecule has 0 unspecified atom stereocenters. The van der Waals surface area contributed by atoms with E-state index in [1.807, 2.05) is 87.0 Å². The van der Waals surface area contributed by atoms with E-state index in [1.54, 1.807) is 48.0 Å². The van der Waals surface area contributed by atoms with Crippen LogP contribution in [0.3, 0.4) is 0 Å². The summed E-state index contributed by atoms with van der Waals surface area (Å²) in [7, 11) is 0. The fraction of sp³-hybridized carbons (Fsp3) is 0.273. The Morgan fingerprint density at radius 1 is 0.695 bits per heavy atom. The fourth-order valence-electron chi connectivity index (χ4n) is 6.54. The number of imidazole rings is 2. The van der Waals surface area contributed by atoms with Gasteiger partial charge in [-0.3, -0.25) is 13.6 Å². The Hall–Kier alpha value is -6.38. The second-order valence-corrected chi connectivity index (χ2v) is 13.8. The number of benzene rings is 2. The predicted octanol–water partition coefficient (Wildman–Crippen LogP) is 11.7. The zero-order valence-electron chi connectivity index (χ0n) is 33.1. The first-order valence-electron chi connectivity index (χ1n) is 18.8. The molecule has 0 aliphatic carbocycles. The average molecular weight is 819 g/mol. The number of pyridine rings is 2. The highest BCUT2D eigenvalue weighted by molar-refractivity contribution is 5.97. The third kappa shape index (κ3) is 11.0. The normalized spacial score (nSPS) is 12.1. The van der Waals surface area contributed by atoms with Gasteiger partial charge in [-0.1, -0.05) is 49.4 Å². The summed E-state index contributed by atoms with van der Waals surface area (Å²) in [5.41, 5.74) is 9.27. The van der Waals surface area contributed by atoms with Crippen LogP contribution in [0.25, 0.3) is 46.0 Å². The Bertz CT molecular complexity index is 2530. The van der Waals surface area contributed by atoms with Crippen LogP contribution in [0.1, 0.15) is 83.0 Å². The second-order valence-electron chi connectivity index (χ2n) is 13.8. The number of halogens is 6. The Labute approximate surface area is 337 Å². The van der Waals surface area contributed by atoms with Gasteiger partial charge in [0.2, 0.25) is 0 Å². The topological polar surface area (TPSA) is 113 Å². The fourth-order valence-corrected chi connectivity index (χ4v) is 6.54. The number of aryl methyl sites for hydroxylation is 2. The van der Waals surface area contributed by atoms with E-state index in [2.05, 4.69) is 20.6 Å². The van der Waals surface area contributed by atoms with E-state index in [4.69, 9.17) is 0 Å². The number of hydrogen-bond donors (Lipinski definition) is 3. The van der Waals surface area contributed by atoms with Crippen molar-refractivity contribution in [2.75, 3.05) is 23.7 Å². The van der Waals surface area contributed by atoms with Gasteiger partial charge in [-0.25, -0.2) is 14.8 Å². The van der Waals surface area contributed by atoms with Crippen molar-refractivity contribution in [1.29, 1.82) is 0 Å². The first-order chi connectivity index (χ1) is 27.9. The SMILES string of the molecule is C/C=C/c1cc(NCCC(F)(F)F)c2ncc(-c3ccc(C(=O)CC)c(C)c3)n2c1.C/C=C/c1cc(NCCC(F)(F)F)c2ncc(-c3ccc(C(=O)O)c(C)c3)n2c1. The molecule has 15 heteroatoms. The van der Waals surface area contributed by atoms with Gasteiger partial charge in [-0.05, 0) is 80.3 Å². The highest BCUT2D eigenvalue weighted by Crippen LogP contribution is 2.31. The van der Waals surface area contributed by atoms with Crippen LogP contribution in [-0.2, 0) is 0 Å². The number of hydrogen-bond acceptors (Lipinski definition) is 6. The molecule has 6 rings (SSSR count). The van der Waals surface area contributed by atoms with Crippen molar-refractivity contribution in [2.24, 2.45) is 0 Å². The van der Waals surface area contributed by atoms with Gasteiger partial charge >= 0.3 is 18.3 Å². The summed E-state index contributed by atoms with van der Waals surface area (Å²) >= 11 is 0. The molecule has 0 bridgehead atoms. The number of carbonyl (C=O) groups excluding carboxylic acids is 1. The van der Waals surface area contributed by atoms with Crippen LogP contribution in [0.15, 0.2) is 85.5 Å². The highest BCUT2D eigenvalue weighted by Gasteiger charge is 2.27. The summed E-state index contributed by atoms with van der Waals surface area (Å²) in [4.78, 5) is 32.1. The minimum absolute atomic E-state index is 0.0868. The van der Waals surface area contributed by atoms with E-state index in [0.29, 0.717) is 45.9 Å². The van der Waals surface area contributed by atoms with E-state index in [0.717, 1.165) is 33.5 Å². The van der Waals surface area contributed by atoms with Crippen LogP contribution in [0.2, 0.25) is 0 Å². The Morgan fingerprint density at radius 3 is 1.47 bits per heavy atom. The van der Waals surface area contributed by atoms with Crippen molar-refractivity contribution >= 4 is 46.6 Å². The molecule has 310 valence electrons. The van der Waals surface area contributed by atoms with Gasteiger partial charge in [0.15, 0.2) is 17.1 Å². The molecule has 9 nitrogen and oxygen atoms in total. The third-order valence-corrected chi connectivity index (χ3v) is 9.32. The minimum atomic E-state index is -4.24. The molecule has 0 saturated heterocycles. The maximum absolute atomic E-state index is 12.6. The summed E-state index contributed by atoms with van der Waals surface area (Å²) in [6.07, 6.45) is 4.59. The zero-order valence-corrected chi connectivity index (χ0v) is 33.1. The molecule has 2 aromatic carbocycles. The first-order valence-corrected chi connectivity index (χ1v) is 18.8. The van der Waals surface area contributed by atoms with Gasteiger partial charge in [-0.2, -0.15) is 26.3 Å². The van der Waals surface area contributed by atoms with E-state index in [1.165, 1.54) is 6.07 Å². The van der Waals surface area contributed by atoms with Crippen molar-refractivity contribution < 1.29 is 41.0 Å². The number of aromatic nitrogens is 4. The number of carboxylic acid groups (broad SMARTS) is 1. The van der Waals surface area contributed by atoms with Gasteiger partial charge in [0, 0.05) is 48.6 Å². The lowest BCUT2D eigenvalue weighted by Crippen LogP contribution is -2.15. The number of anilines is 2. The van der Waals surface area contributed by atoms with Crippen molar-refractivity contribution in [3.8, 4) is 22.5 Å². The Morgan fingerprint density at radius 2 is 1.12 bits per heavy atom. The molecule has 0 spiro atoms. The summed E-state index contributed by atoms with van der Waals surface area (Å²) < 4.78 is 78.9. The van der Waals surface area contributed by atoms with E-state index in [9.17, 15) is 41.0 Å². The average Bonchev–Trinajstić information content (AvgIpc) is 3.79. The number of ketones is 1. The molecule has 0 amide bonds. The Kier molecular flexibility index (Phi) is 13.7. The zero-order chi connectivity index (χ0) is 43.1. The number of fused-ring (bicyclic) bond motifs is 2. The number of rotatable bonds is 13. The lowest BCUT2D eigenvalue weighted by Gasteiger charge is -2.12. The predicted molar refractivity (Wildman–Crippen MR) is 220 cm³/mol. The molecule has 59 heavy (non-hydrogen) atoms. The van der Waals surface area contributed by atoms with Crippen LogP contribution >= 0.6 is 0 Å². The number of aromatic carboxylic acids is 1. The molecule has 3 N–H and O–H groups in total. The lowest BCUT2D eigenvalue weighted by molar-refractivity contribution is -0.132. The summed E-state index contributed by atoms with van der Waals surface area (Å²) in [6, 6.07) is 14.1. The molecule has 0 atom stereocenters. The van der Waals surface area contributed by atoms with Crippen LogP contribution in [0.4, 0.5) is 37.7 Å². The molecular weight excluding hydrogens is 775 g/mol. The molecule has 4 aromatic heterocycles. The van der Waals surface area contributed by atoms with Crippen molar-refractivity contribution in [3.05, 3.63) is 119 Å². The number of nitrogens with zero attached hydrogens (tertiary/aromatic N) is 4. The van der Waals surface area contributed by atoms with Crippen molar-refractivity contribution in [2.45, 2.75) is 66.2 Å². The standard InChI is InChI=1S/C23H24F3N3O.C21H20F3N3O2/c1-4-6-16-12-19(27-10-9-23(24,25)26)22-28-13-20(29(22)14-16)17-7-8-18(15(3)11-17)21(30)5-2;1-3-4-14-10-17(25-8-7-21(22,23)24)19-26-11-18(27(19)12-14)15-5-6-16(20(28)29)13(2)9-15/h4,6-8,11-14,27H,5,9-10H2,1-3H3;3-6,9-12,25H,7-8H2,1-2H3,(H,28,29)/b6-4+;4-3+. The molecule has 4 heterocycles. The summed E-state index contributed by atoms with van der Waals surface area (Å²) in [5.74, 6) is -0.914. The number of carbonyl (C=O) groups is 2. The van der Waals surface area contributed by atoms with E-state index in [-0.39, 0.29) is 24.4 Å². The van der Waals surface area contributed by atoms with Crippen LogP contribution in [0.5, 0.6) is 0 Å². The van der Waals surface area contributed by atoms with Gasteiger partial charge < -0.3 is 15.7 Å². The lowest BCUT2D eigenvalue weighted by atomic mass is 9.99. The van der Waals surface area contributed by atoms with Crippen LogP contribution < -0.4 is 10.6 Å². The number of allylic oxidation sites excluding steroid dienone is 2. The van der Waals surface area contributed by atoms with Gasteiger partial charge in [0.1, 0.15) is 0 Å². The van der Waals surface area contributed by atoms with Crippen LogP contribution in [-0.4, -0.2) is 61.1 Å². The summed E-state index contributed by atoms with van der Waals surface area (Å²) in [6.45, 7) is 8.68. The number of Topliss-reactive ketones (excluding diaryl/α,β-unsaturated/α-hetero) is 1. The largest absolute Gasteiger partial charge is 0.478 e. The van der Waals surface area contributed by atoms with Crippen molar-refractivity contribution in [1.82, 2.24) is 18.8 Å². The Balaban J connectivity index is 0.000000224. The van der Waals surface area contributed by atoms with Crippen LogP contribution in [0, 0.1) is 13.8 Å². The van der Waals surface area contributed by atoms with Gasteiger partial charge in [0.05, 0.1) is 53.6 Å². The molecule has 0 radical (unpaired) electrons. The third-order valence-electron chi connectivity index (χ3n) is 9.32. The van der Waals surface area contributed by atoms with E-state index < -0.39 is 31.2 Å². The first kappa shape index (κ1) is 43.7.